The molecular weight excluding hydrogens is 280 g/mol. The minimum atomic E-state index is -4.24. The average Bonchev–Trinajstić information content (AvgIpc) is 2.26. The monoisotopic (exact) mass is 288 g/mol. The molecule has 0 saturated heterocycles. The lowest BCUT2D eigenvalue weighted by molar-refractivity contribution is 0.458. The summed E-state index contributed by atoms with van der Waals surface area (Å²) in [5.41, 5.74) is 0. The highest BCUT2D eigenvalue weighted by atomic mass is 32.2. The van der Waals surface area contributed by atoms with Crippen molar-refractivity contribution in [3.8, 4) is 5.75 Å². The van der Waals surface area contributed by atoms with Gasteiger partial charge in [-0.2, -0.15) is 12.6 Å². The van der Waals surface area contributed by atoms with Gasteiger partial charge in [-0.05, 0) is 35.0 Å². The fourth-order valence-electron chi connectivity index (χ4n) is 1.50. The first-order chi connectivity index (χ1) is 8.36. The van der Waals surface area contributed by atoms with Crippen LogP contribution in [0.15, 0.2) is 41.3 Å². The molecule has 2 rings (SSSR count). The number of benzene rings is 2. The highest BCUT2D eigenvalue weighted by molar-refractivity contribution is 7.85. The quantitative estimate of drug-likeness (QED) is 0.657. The van der Waals surface area contributed by atoms with Crippen LogP contribution in [0, 0.1) is 0 Å². The van der Waals surface area contributed by atoms with Crippen molar-refractivity contribution in [1.29, 1.82) is 0 Å². The van der Waals surface area contributed by atoms with E-state index in [9.17, 15) is 12.6 Å². The Morgan fingerprint density at radius 2 is 1.67 bits per heavy atom. The summed E-state index contributed by atoms with van der Waals surface area (Å²) in [4.78, 5) is -0.214. The van der Waals surface area contributed by atoms with Crippen LogP contribution in [0.4, 0.5) is 0 Å². The van der Waals surface area contributed by atoms with Gasteiger partial charge in [0.1, 0.15) is 5.75 Å². The molecule has 96 valence electrons. The molecule has 0 amide bonds. The van der Waals surface area contributed by atoms with Crippen LogP contribution in [0.2, 0.25) is 0 Å². The zero-order valence-electron chi connectivity index (χ0n) is 8.81. The van der Waals surface area contributed by atoms with Crippen molar-refractivity contribution in [2.45, 2.75) is 4.90 Å². The SMILES string of the molecule is O=S(O)Oc1ccc2cc(S(=O)(=O)O)ccc2c1. The van der Waals surface area contributed by atoms with Crippen LogP contribution in [0.1, 0.15) is 0 Å². The van der Waals surface area contributed by atoms with E-state index in [0.717, 1.165) is 0 Å². The molecule has 18 heavy (non-hydrogen) atoms. The molecule has 0 spiro atoms. The molecule has 0 aromatic heterocycles. The molecule has 0 heterocycles. The molecule has 0 aliphatic carbocycles. The summed E-state index contributed by atoms with van der Waals surface area (Å²) >= 11 is -2.41. The van der Waals surface area contributed by atoms with E-state index in [1.807, 2.05) is 0 Å². The molecule has 0 saturated carbocycles. The van der Waals surface area contributed by atoms with Crippen molar-refractivity contribution in [2.24, 2.45) is 0 Å². The van der Waals surface area contributed by atoms with Crippen LogP contribution in [-0.2, 0) is 21.5 Å². The summed E-state index contributed by atoms with van der Waals surface area (Å²) in [6, 6.07) is 8.42. The second-order valence-electron chi connectivity index (χ2n) is 3.45. The Bertz CT molecular complexity index is 722. The second kappa shape index (κ2) is 4.65. The molecule has 0 aliphatic heterocycles. The molecule has 2 N–H and O–H groups in total. The minimum Gasteiger partial charge on any atom is -0.380 e. The molecule has 6 nitrogen and oxygen atoms in total. The third kappa shape index (κ3) is 2.85. The van der Waals surface area contributed by atoms with E-state index in [1.54, 1.807) is 0 Å². The first-order valence-electron chi connectivity index (χ1n) is 4.67. The average molecular weight is 288 g/mol. The smallest absolute Gasteiger partial charge is 0.357 e. The number of hydrogen-bond acceptors (Lipinski definition) is 4. The third-order valence-electron chi connectivity index (χ3n) is 2.25. The largest absolute Gasteiger partial charge is 0.380 e. The lowest BCUT2D eigenvalue weighted by Crippen LogP contribution is -1.98. The van der Waals surface area contributed by atoms with E-state index in [1.165, 1.54) is 36.4 Å². The highest BCUT2D eigenvalue weighted by Gasteiger charge is 2.10. The van der Waals surface area contributed by atoms with E-state index in [0.29, 0.717) is 10.8 Å². The maximum absolute atomic E-state index is 10.9. The van der Waals surface area contributed by atoms with Gasteiger partial charge in [-0.25, -0.2) is 0 Å². The Hall–Kier alpha value is -1.48. The lowest BCUT2D eigenvalue weighted by atomic mass is 10.1. The zero-order valence-corrected chi connectivity index (χ0v) is 10.4. The minimum absolute atomic E-state index is 0.183. The van der Waals surface area contributed by atoms with Crippen molar-refractivity contribution in [1.82, 2.24) is 0 Å². The molecule has 0 radical (unpaired) electrons. The van der Waals surface area contributed by atoms with Crippen LogP contribution >= 0.6 is 0 Å². The van der Waals surface area contributed by atoms with Gasteiger partial charge in [0.05, 0.1) is 4.90 Å². The predicted octanol–water partition coefficient (Wildman–Crippen LogP) is 1.60. The van der Waals surface area contributed by atoms with Crippen LogP contribution < -0.4 is 4.18 Å². The summed E-state index contributed by atoms with van der Waals surface area (Å²) in [6.45, 7) is 0. The standard InChI is InChI=1S/C10H8O6S2/c11-17(12)16-9-3-1-8-6-10(18(13,14)15)4-2-7(8)5-9/h1-6H,(H,11,12)(H,13,14,15). The van der Waals surface area contributed by atoms with Crippen molar-refractivity contribution >= 4 is 32.3 Å². The van der Waals surface area contributed by atoms with Crippen LogP contribution in [0.25, 0.3) is 10.8 Å². The Labute approximate surface area is 105 Å². The Morgan fingerprint density at radius 1 is 1.06 bits per heavy atom. The van der Waals surface area contributed by atoms with Gasteiger partial charge in [-0.3, -0.25) is 9.11 Å². The van der Waals surface area contributed by atoms with Gasteiger partial charge in [0.15, 0.2) is 0 Å². The fraction of sp³-hybridized carbons (Fsp3) is 0. The maximum Gasteiger partial charge on any atom is 0.357 e. The van der Waals surface area contributed by atoms with E-state index in [4.69, 9.17) is 9.11 Å². The third-order valence-corrected chi connectivity index (χ3v) is 3.43. The van der Waals surface area contributed by atoms with Crippen molar-refractivity contribution in [2.75, 3.05) is 0 Å². The maximum atomic E-state index is 10.9. The van der Waals surface area contributed by atoms with Crippen molar-refractivity contribution < 1.29 is 25.9 Å². The van der Waals surface area contributed by atoms with E-state index < -0.39 is 21.5 Å². The molecule has 8 heteroatoms. The first kappa shape index (κ1) is 13.0. The van der Waals surface area contributed by atoms with Gasteiger partial charge in [0, 0.05) is 0 Å². The molecule has 2 aromatic rings. The first-order valence-corrected chi connectivity index (χ1v) is 7.14. The molecule has 0 bridgehead atoms. The van der Waals surface area contributed by atoms with Crippen LogP contribution in [0.3, 0.4) is 0 Å². The number of fused-ring (bicyclic) bond motifs is 1. The Kier molecular flexibility index (Phi) is 3.35. The predicted molar refractivity (Wildman–Crippen MR) is 65.2 cm³/mol. The Balaban J connectivity index is 2.52. The van der Waals surface area contributed by atoms with Gasteiger partial charge < -0.3 is 4.18 Å². The van der Waals surface area contributed by atoms with E-state index in [2.05, 4.69) is 4.18 Å². The van der Waals surface area contributed by atoms with Gasteiger partial charge >= 0.3 is 11.4 Å². The number of rotatable bonds is 3. The van der Waals surface area contributed by atoms with Crippen molar-refractivity contribution in [3.63, 3.8) is 0 Å². The molecule has 1 atom stereocenters. The molecule has 1 unspecified atom stereocenters. The summed E-state index contributed by atoms with van der Waals surface area (Å²) in [6.07, 6.45) is 0. The van der Waals surface area contributed by atoms with Gasteiger partial charge in [-0.1, -0.05) is 12.1 Å². The molecule has 2 aromatic carbocycles. The van der Waals surface area contributed by atoms with Crippen LogP contribution in [-0.4, -0.2) is 21.7 Å². The highest BCUT2D eigenvalue weighted by Crippen LogP contribution is 2.24. The normalized spacial score (nSPS) is 13.4. The van der Waals surface area contributed by atoms with Gasteiger partial charge in [-0.15, -0.1) is 0 Å². The summed E-state index contributed by atoms with van der Waals surface area (Å²) in [5.74, 6) is 0.183. The molecular formula is C10H8O6S2. The molecule has 0 fully saturated rings. The zero-order chi connectivity index (χ0) is 13.3. The van der Waals surface area contributed by atoms with Crippen LogP contribution in [0.5, 0.6) is 5.75 Å². The molecule has 0 aliphatic rings. The van der Waals surface area contributed by atoms with Gasteiger partial charge in [0.2, 0.25) is 0 Å². The summed E-state index contributed by atoms with van der Waals surface area (Å²) in [7, 11) is -4.24. The topological polar surface area (TPSA) is 101 Å². The Morgan fingerprint density at radius 3 is 2.28 bits per heavy atom. The number of hydrogen-bond donors (Lipinski definition) is 2. The van der Waals surface area contributed by atoms with E-state index in [-0.39, 0.29) is 10.6 Å². The van der Waals surface area contributed by atoms with Crippen molar-refractivity contribution in [3.05, 3.63) is 36.4 Å². The lowest BCUT2D eigenvalue weighted by Gasteiger charge is -2.04. The summed E-state index contributed by atoms with van der Waals surface area (Å²) < 4.78 is 54.4. The second-order valence-corrected chi connectivity index (χ2v) is 5.47. The summed E-state index contributed by atoms with van der Waals surface area (Å²) in [5, 5.41) is 1.17. The fourth-order valence-corrected chi connectivity index (χ4v) is 2.28. The van der Waals surface area contributed by atoms with Gasteiger partial charge in [0.25, 0.3) is 10.1 Å². The van der Waals surface area contributed by atoms with E-state index >= 15 is 0 Å².